The summed E-state index contributed by atoms with van der Waals surface area (Å²) in [4.78, 5) is 12.4. The molecular formula is C22H21NO. The standard InChI is InChI=1S/C22H21NO/c1-2-21(18-12-6-3-7-13-18)22(23-24,19-14-8-4-9-15-19)20-16-10-5-11-17-20/h3-17,21H,2H2,1H3. The van der Waals surface area contributed by atoms with Crippen molar-refractivity contribution in [3.05, 3.63) is 113 Å². The quantitative estimate of drug-likeness (QED) is 0.521. The zero-order chi connectivity index (χ0) is 16.8. The molecule has 120 valence electrons. The molecule has 0 aliphatic carbocycles. The third kappa shape index (κ3) is 2.76. The third-order valence-corrected chi connectivity index (χ3v) is 4.69. The van der Waals surface area contributed by atoms with Crippen molar-refractivity contribution >= 4 is 0 Å². The van der Waals surface area contributed by atoms with Crippen LogP contribution in [0.5, 0.6) is 0 Å². The van der Waals surface area contributed by atoms with Gasteiger partial charge in [-0.15, -0.1) is 4.91 Å². The summed E-state index contributed by atoms with van der Waals surface area (Å²) in [5.74, 6) is -0.0269. The van der Waals surface area contributed by atoms with Crippen molar-refractivity contribution in [2.75, 3.05) is 0 Å². The Bertz CT molecular complexity index is 729. The molecule has 3 rings (SSSR count). The first-order valence-electron chi connectivity index (χ1n) is 8.33. The van der Waals surface area contributed by atoms with Crippen molar-refractivity contribution in [3.63, 3.8) is 0 Å². The van der Waals surface area contributed by atoms with Crippen LogP contribution in [0.3, 0.4) is 0 Å². The lowest BCUT2D eigenvalue weighted by Gasteiger charge is -2.35. The van der Waals surface area contributed by atoms with E-state index in [9.17, 15) is 4.91 Å². The van der Waals surface area contributed by atoms with Gasteiger partial charge >= 0.3 is 0 Å². The molecule has 24 heavy (non-hydrogen) atoms. The van der Waals surface area contributed by atoms with Gasteiger partial charge in [0.05, 0.1) is 0 Å². The van der Waals surface area contributed by atoms with Gasteiger partial charge in [0.1, 0.15) is 0 Å². The Kier molecular flexibility index (Phi) is 4.85. The average molecular weight is 315 g/mol. The second-order valence-corrected chi connectivity index (χ2v) is 5.96. The summed E-state index contributed by atoms with van der Waals surface area (Å²) >= 11 is 0. The fourth-order valence-electron chi connectivity index (χ4n) is 3.58. The van der Waals surface area contributed by atoms with Crippen molar-refractivity contribution in [2.45, 2.75) is 24.8 Å². The normalized spacial score (nSPS) is 12.5. The minimum Gasteiger partial charge on any atom is -0.149 e. The van der Waals surface area contributed by atoms with Gasteiger partial charge in [-0.3, -0.25) is 0 Å². The summed E-state index contributed by atoms with van der Waals surface area (Å²) in [6.07, 6.45) is 0.819. The van der Waals surface area contributed by atoms with Gasteiger partial charge in [-0.1, -0.05) is 103 Å². The largest absolute Gasteiger partial charge is 0.159 e. The van der Waals surface area contributed by atoms with Crippen LogP contribution in [0.25, 0.3) is 0 Å². The Morgan fingerprint density at radius 2 is 1.17 bits per heavy atom. The average Bonchev–Trinajstić information content (AvgIpc) is 2.68. The molecule has 0 aliphatic rings. The van der Waals surface area contributed by atoms with Crippen LogP contribution >= 0.6 is 0 Å². The SMILES string of the molecule is CCC(c1ccccc1)C(N=O)(c1ccccc1)c1ccccc1. The number of hydrogen-bond donors (Lipinski definition) is 0. The van der Waals surface area contributed by atoms with Gasteiger partial charge in [-0.05, 0) is 23.1 Å². The van der Waals surface area contributed by atoms with Crippen LogP contribution < -0.4 is 0 Å². The van der Waals surface area contributed by atoms with Crippen LogP contribution in [0.4, 0.5) is 0 Å². The zero-order valence-electron chi connectivity index (χ0n) is 13.8. The van der Waals surface area contributed by atoms with Crippen molar-refractivity contribution in [2.24, 2.45) is 5.18 Å². The van der Waals surface area contributed by atoms with Gasteiger partial charge in [0.15, 0.2) is 5.54 Å². The fourth-order valence-corrected chi connectivity index (χ4v) is 3.58. The van der Waals surface area contributed by atoms with Gasteiger partial charge in [0.2, 0.25) is 0 Å². The van der Waals surface area contributed by atoms with Gasteiger partial charge < -0.3 is 0 Å². The maximum atomic E-state index is 12.4. The highest BCUT2D eigenvalue weighted by Crippen LogP contribution is 2.47. The molecule has 0 N–H and O–H groups in total. The lowest BCUT2D eigenvalue weighted by atomic mass is 9.70. The summed E-state index contributed by atoms with van der Waals surface area (Å²) in [5.41, 5.74) is 2.06. The molecule has 3 aromatic rings. The van der Waals surface area contributed by atoms with E-state index in [0.717, 1.165) is 23.1 Å². The molecule has 0 saturated carbocycles. The molecular weight excluding hydrogens is 294 g/mol. The zero-order valence-corrected chi connectivity index (χ0v) is 13.8. The van der Waals surface area contributed by atoms with E-state index in [1.54, 1.807) is 0 Å². The number of rotatable bonds is 6. The Labute approximate surface area is 143 Å². The summed E-state index contributed by atoms with van der Waals surface area (Å²) < 4.78 is 0. The molecule has 0 bridgehead atoms. The summed E-state index contributed by atoms with van der Waals surface area (Å²) in [7, 11) is 0. The molecule has 1 atom stereocenters. The predicted molar refractivity (Wildman–Crippen MR) is 98.9 cm³/mol. The van der Waals surface area contributed by atoms with Crippen LogP contribution in [0.2, 0.25) is 0 Å². The van der Waals surface area contributed by atoms with Gasteiger partial charge in [-0.2, -0.15) is 0 Å². The molecule has 0 fully saturated rings. The highest BCUT2D eigenvalue weighted by Gasteiger charge is 2.43. The Hall–Kier alpha value is -2.74. The van der Waals surface area contributed by atoms with Crippen LogP contribution in [-0.4, -0.2) is 0 Å². The molecule has 0 radical (unpaired) electrons. The van der Waals surface area contributed by atoms with Crippen LogP contribution in [-0.2, 0) is 5.54 Å². The minimum absolute atomic E-state index is 0.0269. The summed E-state index contributed by atoms with van der Waals surface area (Å²) in [6.45, 7) is 2.11. The molecule has 2 heteroatoms. The number of nitroso groups, excluding NO2 is 1. The predicted octanol–water partition coefficient (Wildman–Crippen LogP) is 5.89. The Morgan fingerprint density at radius 1 is 0.750 bits per heavy atom. The summed E-state index contributed by atoms with van der Waals surface area (Å²) in [6, 6.07) is 30.0. The van der Waals surface area contributed by atoms with E-state index in [-0.39, 0.29) is 5.92 Å². The summed E-state index contributed by atoms with van der Waals surface area (Å²) in [5, 5.41) is 3.76. The van der Waals surface area contributed by atoms with Crippen molar-refractivity contribution < 1.29 is 0 Å². The van der Waals surface area contributed by atoms with E-state index < -0.39 is 5.54 Å². The molecule has 2 nitrogen and oxygen atoms in total. The van der Waals surface area contributed by atoms with E-state index in [1.807, 2.05) is 78.9 Å². The maximum Gasteiger partial charge on any atom is 0.159 e. The molecule has 3 aromatic carbocycles. The van der Waals surface area contributed by atoms with E-state index >= 15 is 0 Å². The van der Waals surface area contributed by atoms with E-state index in [2.05, 4.69) is 24.2 Å². The fraction of sp³-hybridized carbons (Fsp3) is 0.182. The molecule has 0 aromatic heterocycles. The van der Waals surface area contributed by atoms with Gasteiger partial charge in [0, 0.05) is 5.92 Å². The first-order valence-corrected chi connectivity index (χ1v) is 8.33. The maximum absolute atomic E-state index is 12.4. The molecule has 0 heterocycles. The van der Waals surface area contributed by atoms with E-state index in [4.69, 9.17) is 0 Å². The smallest absolute Gasteiger partial charge is 0.149 e. The number of hydrogen-bond acceptors (Lipinski definition) is 2. The van der Waals surface area contributed by atoms with E-state index in [0.29, 0.717) is 0 Å². The molecule has 0 aliphatic heterocycles. The first-order chi connectivity index (χ1) is 11.8. The number of benzene rings is 3. The highest BCUT2D eigenvalue weighted by molar-refractivity contribution is 5.44. The van der Waals surface area contributed by atoms with Gasteiger partial charge in [0.25, 0.3) is 0 Å². The van der Waals surface area contributed by atoms with Gasteiger partial charge in [-0.25, -0.2) is 0 Å². The second kappa shape index (κ2) is 7.22. The topological polar surface area (TPSA) is 29.4 Å². The Balaban J connectivity index is 2.27. The van der Waals surface area contributed by atoms with Crippen molar-refractivity contribution in [1.82, 2.24) is 0 Å². The third-order valence-electron chi connectivity index (χ3n) is 4.69. The minimum atomic E-state index is -0.932. The molecule has 0 spiro atoms. The highest BCUT2D eigenvalue weighted by atomic mass is 16.3. The molecule has 0 amide bonds. The van der Waals surface area contributed by atoms with Crippen molar-refractivity contribution in [3.8, 4) is 0 Å². The molecule has 0 saturated heterocycles. The Morgan fingerprint density at radius 3 is 1.54 bits per heavy atom. The van der Waals surface area contributed by atoms with Crippen LogP contribution in [0, 0.1) is 4.91 Å². The number of nitrogens with zero attached hydrogens (tertiary/aromatic N) is 1. The molecule has 1 unspecified atom stereocenters. The van der Waals surface area contributed by atoms with E-state index in [1.165, 1.54) is 0 Å². The second-order valence-electron chi connectivity index (χ2n) is 5.96. The van der Waals surface area contributed by atoms with Crippen LogP contribution in [0.1, 0.15) is 36.0 Å². The van der Waals surface area contributed by atoms with Crippen LogP contribution in [0.15, 0.2) is 96.2 Å². The lowest BCUT2D eigenvalue weighted by Crippen LogP contribution is -2.32. The first kappa shape index (κ1) is 16.1. The van der Waals surface area contributed by atoms with Crippen molar-refractivity contribution in [1.29, 1.82) is 0 Å². The monoisotopic (exact) mass is 315 g/mol. The lowest BCUT2D eigenvalue weighted by molar-refractivity contribution is 0.411.